The van der Waals surface area contributed by atoms with Crippen molar-refractivity contribution < 1.29 is 19.0 Å². The second-order valence-corrected chi connectivity index (χ2v) is 11.5. The average Bonchev–Trinajstić information content (AvgIpc) is 2.98. The third kappa shape index (κ3) is 9.08. The Bertz CT molecular complexity index is 1170. The largest absolute Gasteiger partial charge is 0.494 e. The Hall–Kier alpha value is -3.34. The Kier molecular flexibility index (Phi) is 12.1. The van der Waals surface area contributed by atoms with Crippen LogP contribution in [0.4, 0.5) is 0 Å². The van der Waals surface area contributed by atoms with Crippen LogP contribution in [0.2, 0.25) is 0 Å². The third-order valence-corrected chi connectivity index (χ3v) is 8.53. The van der Waals surface area contributed by atoms with Gasteiger partial charge in [-0.15, -0.1) is 0 Å². The first-order valence-corrected chi connectivity index (χ1v) is 15.7. The first-order chi connectivity index (χ1) is 20.1. The quantitative estimate of drug-likeness (QED) is 0.0734. The van der Waals surface area contributed by atoms with Crippen LogP contribution in [0.25, 0.3) is 5.76 Å². The summed E-state index contributed by atoms with van der Waals surface area (Å²) in [6, 6.07) is 14.7. The molecule has 4 rings (SSSR count). The van der Waals surface area contributed by atoms with Crippen molar-refractivity contribution >= 4 is 17.9 Å². The molecule has 41 heavy (non-hydrogen) atoms. The van der Waals surface area contributed by atoms with Crippen LogP contribution >= 0.6 is 0 Å². The van der Waals surface area contributed by atoms with Gasteiger partial charge in [0.2, 0.25) is 0 Å². The number of hydrogen-bond donors (Lipinski definition) is 1. The fourth-order valence-electron chi connectivity index (χ4n) is 5.93. The van der Waals surface area contributed by atoms with E-state index in [1.165, 1.54) is 68.4 Å². The van der Waals surface area contributed by atoms with E-state index in [4.69, 9.17) is 19.6 Å². The molecule has 2 aliphatic carbocycles. The van der Waals surface area contributed by atoms with E-state index >= 15 is 0 Å². The normalized spacial score (nSPS) is 18.2. The molecule has 0 amide bonds. The molecule has 2 saturated carbocycles. The topological polar surface area (TPSA) is 68.6 Å². The maximum absolute atomic E-state index is 11.1. The number of carbonyl (C=O) groups is 1. The first-order valence-electron chi connectivity index (χ1n) is 15.7. The number of rotatable bonds is 16. The molecule has 220 valence electrons. The van der Waals surface area contributed by atoms with Gasteiger partial charge in [0.25, 0.3) is 0 Å². The van der Waals surface area contributed by atoms with Gasteiger partial charge in [0.05, 0.1) is 13.2 Å². The van der Waals surface area contributed by atoms with Gasteiger partial charge in [0, 0.05) is 23.4 Å². The number of hydrogen-bond acceptors (Lipinski definition) is 5. The van der Waals surface area contributed by atoms with Crippen molar-refractivity contribution in [2.75, 3.05) is 13.2 Å². The van der Waals surface area contributed by atoms with E-state index in [2.05, 4.69) is 43.8 Å². The van der Waals surface area contributed by atoms with Gasteiger partial charge in [-0.3, -0.25) is 0 Å². The molecule has 0 unspecified atom stereocenters. The minimum atomic E-state index is -0.360. The molecule has 2 aromatic rings. The molecular weight excluding hydrogens is 510 g/mol. The van der Waals surface area contributed by atoms with E-state index in [0.717, 1.165) is 72.8 Å². The number of nitrogens with one attached hydrogen (secondary N) is 1. The Labute approximate surface area is 246 Å². The van der Waals surface area contributed by atoms with Crippen molar-refractivity contribution in [2.24, 2.45) is 5.92 Å². The number of esters is 1. The predicted octanol–water partition coefficient (Wildman–Crippen LogP) is 9.40. The number of unbranched alkanes of at least 4 members (excludes halogenated alkanes) is 3. The highest BCUT2D eigenvalue weighted by Crippen LogP contribution is 2.40. The van der Waals surface area contributed by atoms with E-state index < -0.39 is 0 Å². The van der Waals surface area contributed by atoms with Gasteiger partial charge in [-0.05, 0) is 130 Å². The van der Waals surface area contributed by atoms with E-state index in [1.54, 1.807) is 0 Å². The van der Waals surface area contributed by atoms with Crippen LogP contribution in [0.15, 0.2) is 60.7 Å². The van der Waals surface area contributed by atoms with Gasteiger partial charge in [0.15, 0.2) is 0 Å². The van der Waals surface area contributed by atoms with E-state index in [9.17, 15) is 4.79 Å². The molecule has 0 radical (unpaired) electrons. The predicted molar refractivity (Wildman–Crippen MR) is 167 cm³/mol. The molecule has 5 heteroatoms. The summed E-state index contributed by atoms with van der Waals surface area (Å²) in [5, 5.41) is 8.12. The SMILES string of the molecule is C=CC(=O)OCCCCCCOc1ccc(C(Oc2ccc(C3CCC(CCC)CC3)cc2C=N)=C2CCC2)cc1. The van der Waals surface area contributed by atoms with Crippen LogP contribution in [0, 0.1) is 11.3 Å². The maximum atomic E-state index is 11.1. The Morgan fingerprint density at radius 1 is 0.976 bits per heavy atom. The zero-order chi connectivity index (χ0) is 28.9. The summed E-state index contributed by atoms with van der Waals surface area (Å²) in [5.41, 5.74) is 4.60. The second kappa shape index (κ2) is 16.2. The summed E-state index contributed by atoms with van der Waals surface area (Å²) < 4.78 is 17.5. The fraction of sp³-hybridized carbons (Fsp3) is 0.500. The second-order valence-electron chi connectivity index (χ2n) is 11.5. The smallest absolute Gasteiger partial charge is 0.330 e. The van der Waals surface area contributed by atoms with E-state index in [-0.39, 0.29) is 5.97 Å². The van der Waals surface area contributed by atoms with Crippen molar-refractivity contribution in [1.82, 2.24) is 0 Å². The molecule has 0 heterocycles. The van der Waals surface area contributed by atoms with Crippen LogP contribution in [0.1, 0.15) is 113 Å². The van der Waals surface area contributed by atoms with Crippen LogP contribution in [-0.4, -0.2) is 25.4 Å². The van der Waals surface area contributed by atoms with Crippen LogP contribution in [0.5, 0.6) is 11.5 Å². The molecule has 0 bridgehead atoms. The minimum Gasteiger partial charge on any atom is -0.494 e. The number of carbonyl (C=O) groups excluding carboxylic acids is 1. The lowest BCUT2D eigenvalue weighted by Crippen LogP contribution is -2.13. The molecule has 1 N–H and O–H groups in total. The summed E-state index contributed by atoms with van der Waals surface area (Å²) in [7, 11) is 0. The molecule has 5 nitrogen and oxygen atoms in total. The average molecular weight is 558 g/mol. The molecule has 0 saturated heterocycles. The fourth-order valence-corrected chi connectivity index (χ4v) is 5.93. The summed E-state index contributed by atoms with van der Waals surface area (Å²) >= 11 is 0. The Balaban J connectivity index is 1.31. The minimum absolute atomic E-state index is 0.360. The lowest BCUT2D eigenvalue weighted by molar-refractivity contribution is -0.137. The number of ether oxygens (including phenoxy) is 3. The molecular formula is C36H47NO4. The summed E-state index contributed by atoms with van der Waals surface area (Å²) in [6.45, 7) is 6.79. The van der Waals surface area contributed by atoms with Gasteiger partial charge in [-0.1, -0.05) is 32.4 Å². The first kappa shape index (κ1) is 30.6. The third-order valence-electron chi connectivity index (χ3n) is 8.53. The standard InChI is InChI=1S/C36H47NO4/c1-3-10-27-13-15-28(16-14-27)31-19-22-34(32(25-31)26-37)41-36(29-11-9-12-29)30-17-20-33(21-18-30)39-23-7-5-6-8-24-40-35(38)4-2/h4,17-22,25-28,37H,2-3,5-16,23-24H2,1H3. The van der Waals surface area contributed by atoms with E-state index in [0.29, 0.717) is 19.1 Å². The van der Waals surface area contributed by atoms with Gasteiger partial charge in [-0.2, -0.15) is 0 Å². The van der Waals surface area contributed by atoms with Crippen LogP contribution in [-0.2, 0) is 9.53 Å². The molecule has 0 aliphatic heterocycles. The van der Waals surface area contributed by atoms with Crippen molar-refractivity contribution in [2.45, 2.75) is 96.3 Å². The van der Waals surface area contributed by atoms with Crippen molar-refractivity contribution in [3.05, 3.63) is 77.4 Å². The van der Waals surface area contributed by atoms with Gasteiger partial charge >= 0.3 is 5.97 Å². The van der Waals surface area contributed by atoms with Gasteiger partial charge < -0.3 is 19.6 Å². The molecule has 0 aromatic heterocycles. The van der Waals surface area contributed by atoms with Gasteiger partial charge in [0.1, 0.15) is 17.3 Å². The lowest BCUT2D eigenvalue weighted by atomic mass is 9.77. The zero-order valence-corrected chi connectivity index (χ0v) is 24.8. The van der Waals surface area contributed by atoms with Crippen molar-refractivity contribution in [3.8, 4) is 11.5 Å². The molecule has 2 aliphatic rings. The Morgan fingerprint density at radius 2 is 1.71 bits per heavy atom. The summed E-state index contributed by atoms with van der Waals surface area (Å²) in [5.74, 6) is 3.66. The van der Waals surface area contributed by atoms with E-state index in [1.807, 2.05) is 12.1 Å². The molecule has 2 aromatic carbocycles. The molecule has 0 atom stereocenters. The Morgan fingerprint density at radius 3 is 2.34 bits per heavy atom. The van der Waals surface area contributed by atoms with Gasteiger partial charge in [-0.25, -0.2) is 4.79 Å². The number of benzene rings is 2. The maximum Gasteiger partial charge on any atom is 0.330 e. The lowest BCUT2D eigenvalue weighted by Gasteiger charge is -2.29. The highest BCUT2D eigenvalue weighted by atomic mass is 16.5. The zero-order valence-electron chi connectivity index (χ0n) is 24.8. The highest BCUT2D eigenvalue weighted by molar-refractivity contribution is 5.83. The highest BCUT2D eigenvalue weighted by Gasteiger charge is 2.23. The van der Waals surface area contributed by atoms with Crippen LogP contribution < -0.4 is 9.47 Å². The number of allylic oxidation sites excluding steroid dienone is 1. The van der Waals surface area contributed by atoms with Crippen molar-refractivity contribution in [3.63, 3.8) is 0 Å². The summed E-state index contributed by atoms with van der Waals surface area (Å²) in [6.07, 6.45) is 17.6. The van der Waals surface area contributed by atoms with Crippen molar-refractivity contribution in [1.29, 1.82) is 5.41 Å². The van der Waals surface area contributed by atoms with Crippen LogP contribution in [0.3, 0.4) is 0 Å². The monoisotopic (exact) mass is 557 g/mol. The summed E-state index contributed by atoms with van der Waals surface area (Å²) in [4.78, 5) is 11.1. The molecule has 2 fully saturated rings. The molecule has 0 spiro atoms.